The summed E-state index contributed by atoms with van der Waals surface area (Å²) in [4.78, 5) is 28.9. The highest BCUT2D eigenvalue weighted by Gasteiger charge is 2.29. The number of hydrogen-bond acceptors (Lipinski definition) is 4. The molecule has 1 amide bonds. The molecule has 1 saturated heterocycles. The number of carboxylic acid groups (broad SMARTS) is 1. The Morgan fingerprint density at radius 2 is 1.26 bits per heavy atom. The van der Waals surface area contributed by atoms with Gasteiger partial charge in [-0.25, -0.2) is 0 Å². The smallest absolute Gasteiger partial charge is 0.308 e. The third-order valence-corrected chi connectivity index (χ3v) is 6.32. The van der Waals surface area contributed by atoms with Crippen molar-refractivity contribution in [3.8, 4) is 0 Å². The Hall–Kier alpha value is -3.48. The Bertz CT molecular complexity index is 1010. The molecule has 0 aromatic heterocycles. The fraction of sp³-hybridized carbons (Fsp3) is 0.286. The lowest BCUT2D eigenvalue weighted by Crippen LogP contribution is -2.49. The molecule has 1 aliphatic rings. The van der Waals surface area contributed by atoms with Crippen molar-refractivity contribution in [1.82, 2.24) is 9.80 Å². The molecule has 0 spiro atoms. The normalized spacial score (nSPS) is 15.7. The Labute approximate surface area is 200 Å². The lowest BCUT2D eigenvalue weighted by Gasteiger charge is -2.40. The van der Waals surface area contributed by atoms with Crippen LogP contribution in [-0.2, 0) is 9.59 Å². The minimum atomic E-state index is -0.933. The number of benzene rings is 3. The molecular formula is C28H31N3O3. The van der Waals surface area contributed by atoms with Gasteiger partial charge in [0, 0.05) is 44.8 Å². The zero-order valence-corrected chi connectivity index (χ0v) is 19.2. The van der Waals surface area contributed by atoms with Gasteiger partial charge in [0.2, 0.25) is 5.91 Å². The van der Waals surface area contributed by atoms with E-state index in [4.69, 9.17) is 0 Å². The van der Waals surface area contributed by atoms with Gasteiger partial charge in [0.1, 0.15) is 0 Å². The molecule has 2 N–H and O–H groups in total. The van der Waals surface area contributed by atoms with Crippen LogP contribution in [0, 0.1) is 5.92 Å². The average molecular weight is 458 g/mol. The molecule has 3 aromatic rings. The highest BCUT2D eigenvalue weighted by Crippen LogP contribution is 2.29. The summed E-state index contributed by atoms with van der Waals surface area (Å²) < 4.78 is 0. The summed E-state index contributed by atoms with van der Waals surface area (Å²) in [5.74, 6) is -1.95. The van der Waals surface area contributed by atoms with Gasteiger partial charge in [-0.2, -0.15) is 0 Å². The first-order valence-corrected chi connectivity index (χ1v) is 11.7. The number of nitrogens with one attached hydrogen (secondary N) is 1. The van der Waals surface area contributed by atoms with Crippen molar-refractivity contribution in [1.29, 1.82) is 0 Å². The summed E-state index contributed by atoms with van der Waals surface area (Å²) in [7, 11) is 0. The van der Waals surface area contributed by atoms with Crippen LogP contribution in [-0.4, -0.2) is 59.5 Å². The van der Waals surface area contributed by atoms with Crippen LogP contribution < -0.4 is 5.32 Å². The van der Waals surface area contributed by atoms with Gasteiger partial charge in [-0.1, -0.05) is 78.9 Å². The van der Waals surface area contributed by atoms with Crippen LogP contribution in [0.1, 0.15) is 23.6 Å². The fourth-order valence-corrected chi connectivity index (χ4v) is 4.59. The second kappa shape index (κ2) is 11.6. The zero-order chi connectivity index (χ0) is 23.8. The molecule has 0 aliphatic carbocycles. The number of carbonyl (C=O) groups excluding carboxylic acids is 1. The Morgan fingerprint density at radius 1 is 0.765 bits per heavy atom. The lowest BCUT2D eigenvalue weighted by molar-refractivity contribution is -0.144. The van der Waals surface area contributed by atoms with Gasteiger partial charge in [0.05, 0.1) is 12.0 Å². The number of anilines is 1. The summed E-state index contributed by atoms with van der Waals surface area (Å²) in [6, 6.07) is 30.3. The third-order valence-electron chi connectivity index (χ3n) is 6.32. The largest absolute Gasteiger partial charge is 0.481 e. The molecule has 6 nitrogen and oxygen atoms in total. The van der Waals surface area contributed by atoms with Gasteiger partial charge in [-0.05, 0) is 23.3 Å². The molecule has 1 fully saturated rings. The molecule has 4 rings (SSSR count). The molecule has 1 atom stereocenters. The SMILES string of the molecule is O=C(C[C@@H](CN1CCN(C(c2ccccc2)c2ccccc2)CC1)C(=O)O)Nc1ccccc1. The van der Waals surface area contributed by atoms with E-state index in [1.165, 1.54) is 11.1 Å². The van der Waals surface area contributed by atoms with E-state index in [2.05, 4.69) is 63.6 Å². The molecule has 34 heavy (non-hydrogen) atoms. The third kappa shape index (κ3) is 6.31. The average Bonchev–Trinajstić information content (AvgIpc) is 2.87. The summed E-state index contributed by atoms with van der Waals surface area (Å²) in [6.07, 6.45) is -0.0406. The summed E-state index contributed by atoms with van der Waals surface area (Å²) in [5, 5.41) is 12.5. The van der Waals surface area contributed by atoms with E-state index in [1.54, 1.807) is 12.1 Å². The zero-order valence-electron chi connectivity index (χ0n) is 19.2. The van der Waals surface area contributed by atoms with Crippen LogP contribution in [0.25, 0.3) is 0 Å². The highest BCUT2D eigenvalue weighted by molar-refractivity contribution is 5.93. The van der Waals surface area contributed by atoms with Gasteiger partial charge in [0.25, 0.3) is 0 Å². The topological polar surface area (TPSA) is 72.9 Å². The fourth-order valence-electron chi connectivity index (χ4n) is 4.59. The number of piperazine rings is 1. The van der Waals surface area contributed by atoms with Crippen LogP contribution in [0.15, 0.2) is 91.0 Å². The van der Waals surface area contributed by atoms with Crippen LogP contribution in [0.4, 0.5) is 5.69 Å². The van der Waals surface area contributed by atoms with Crippen LogP contribution in [0.3, 0.4) is 0 Å². The first kappa shape index (κ1) is 23.7. The minimum Gasteiger partial charge on any atom is -0.481 e. The Morgan fingerprint density at radius 3 is 1.76 bits per heavy atom. The van der Waals surface area contributed by atoms with E-state index >= 15 is 0 Å². The lowest BCUT2D eigenvalue weighted by atomic mass is 9.96. The van der Waals surface area contributed by atoms with Crippen molar-refractivity contribution in [2.45, 2.75) is 12.5 Å². The summed E-state index contributed by atoms with van der Waals surface area (Å²) in [6.45, 7) is 3.56. The molecule has 3 aromatic carbocycles. The maximum absolute atomic E-state index is 12.4. The maximum atomic E-state index is 12.4. The van der Waals surface area contributed by atoms with E-state index in [0.717, 1.165) is 26.2 Å². The summed E-state index contributed by atoms with van der Waals surface area (Å²) >= 11 is 0. The van der Waals surface area contributed by atoms with Gasteiger partial charge in [-0.3, -0.25) is 19.4 Å². The van der Waals surface area contributed by atoms with E-state index in [0.29, 0.717) is 12.2 Å². The first-order valence-electron chi connectivity index (χ1n) is 11.7. The second-order valence-electron chi connectivity index (χ2n) is 8.71. The van der Waals surface area contributed by atoms with Gasteiger partial charge >= 0.3 is 5.97 Å². The monoisotopic (exact) mass is 457 g/mol. The Kier molecular flexibility index (Phi) is 8.07. The van der Waals surface area contributed by atoms with Crippen molar-refractivity contribution in [3.05, 3.63) is 102 Å². The number of amides is 1. The number of nitrogens with zero attached hydrogens (tertiary/aromatic N) is 2. The molecule has 0 radical (unpaired) electrons. The standard InChI is InChI=1S/C28H31N3O3/c32-26(29-25-14-8-3-9-15-25)20-24(28(33)34)21-30-16-18-31(19-17-30)27(22-10-4-1-5-11-22)23-12-6-2-7-13-23/h1-15,24,27H,16-21H2,(H,29,32)(H,33,34)/t24-/m0/s1. The minimum absolute atomic E-state index is 0.0406. The molecule has 1 heterocycles. The van der Waals surface area contributed by atoms with Crippen molar-refractivity contribution in [2.24, 2.45) is 5.92 Å². The predicted octanol–water partition coefficient (Wildman–Crippen LogP) is 4.12. The van der Waals surface area contributed by atoms with E-state index < -0.39 is 11.9 Å². The van der Waals surface area contributed by atoms with Crippen molar-refractivity contribution < 1.29 is 14.7 Å². The number of carbonyl (C=O) groups is 2. The van der Waals surface area contributed by atoms with E-state index in [9.17, 15) is 14.7 Å². The molecule has 1 aliphatic heterocycles. The molecule has 176 valence electrons. The van der Waals surface area contributed by atoms with Crippen molar-refractivity contribution in [3.63, 3.8) is 0 Å². The quantitative estimate of drug-likeness (QED) is 0.506. The van der Waals surface area contributed by atoms with Crippen LogP contribution >= 0.6 is 0 Å². The number of carboxylic acids is 1. The number of para-hydroxylation sites is 1. The molecule has 0 unspecified atom stereocenters. The number of hydrogen-bond donors (Lipinski definition) is 2. The predicted molar refractivity (Wildman–Crippen MR) is 134 cm³/mol. The van der Waals surface area contributed by atoms with Gasteiger partial charge < -0.3 is 10.4 Å². The molecular weight excluding hydrogens is 426 g/mol. The Balaban J connectivity index is 1.36. The van der Waals surface area contributed by atoms with E-state index in [-0.39, 0.29) is 18.4 Å². The van der Waals surface area contributed by atoms with Gasteiger partial charge in [-0.15, -0.1) is 0 Å². The van der Waals surface area contributed by atoms with Crippen LogP contribution in [0.2, 0.25) is 0 Å². The van der Waals surface area contributed by atoms with Gasteiger partial charge in [0.15, 0.2) is 0 Å². The number of rotatable bonds is 9. The molecule has 0 bridgehead atoms. The highest BCUT2D eigenvalue weighted by atomic mass is 16.4. The first-order chi connectivity index (χ1) is 16.6. The maximum Gasteiger partial charge on any atom is 0.308 e. The van der Waals surface area contributed by atoms with Crippen LogP contribution in [0.5, 0.6) is 0 Å². The van der Waals surface area contributed by atoms with Crippen molar-refractivity contribution in [2.75, 3.05) is 38.0 Å². The van der Waals surface area contributed by atoms with Crippen molar-refractivity contribution >= 4 is 17.6 Å². The summed E-state index contributed by atoms with van der Waals surface area (Å²) in [5.41, 5.74) is 3.18. The number of aliphatic carboxylic acids is 1. The molecule has 0 saturated carbocycles. The molecule has 6 heteroatoms. The van der Waals surface area contributed by atoms with E-state index in [1.807, 2.05) is 30.3 Å². The second-order valence-corrected chi connectivity index (χ2v) is 8.71.